The summed E-state index contributed by atoms with van der Waals surface area (Å²) in [4.78, 5) is 53.9. The molecule has 3 aromatic heterocycles. The largest absolute Gasteiger partial charge is 0.481 e. The summed E-state index contributed by atoms with van der Waals surface area (Å²) in [6, 6.07) is 11.0. The van der Waals surface area contributed by atoms with Crippen molar-refractivity contribution in [2.75, 3.05) is 38.6 Å². The van der Waals surface area contributed by atoms with Crippen LogP contribution >= 0.6 is 23.2 Å². The van der Waals surface area contributed by atoms with Crippen LogP contribution in [0.25, 0.3) is 22.5 Å². The highest BCUT2D eigenvalue weighted by molar-refractivity contribution is 6.39. The molecule has 51 heavy (non-hydrogen) atoms. The summed E-state index contributed by atoms with van der Waals surface area (Å²) in [5.41, 5.74) is 5.09. The van der Waals surface area contributed by atoms with Gasteiger partial charge in [0.2, 0.25) is 17.7 Å². The molecule has 0 spiro atoms. The van der Waals surface area contributed by atoms with E-state index in [2.05, 4.69) is 31.2 Å². The van der Waals surface area contributed by atoms with Crippen LogP contribution in [-0.4, -0.2) is 81.5 Å². The molecule has 2 saturated heterocycles. The van der Waals surface area contributed by atoms with E-state index in [0.717, 1.165) is 36.3 Å². The van der Waals surface area contributed by atoms with Crippen LogP contribution in [0.1, 0.15) is 46.8 Å². The van der Waals surface area contributed by atoms with Gasteiger partial charge in [-0.1, -0.05) is 41.4 Å². The molecule has 266 valence electrons. The van der Waals surface area contributed by atoms with E-state index in [1.807, 2.05) is 24.1 Å². The molecule has 3 aliphatic rings. The number of benzene rings is 1. The highest BCUT2D eigenvalue weighted by Crippen LogP contribution is 2.40. The molecule has 4 aromatic rings. The van der Waals surface area contributed by atoms with E-state index in [4.69, 9.17) is 32.9 Å². The number of fused-ring (bicyclic) bond motifs is 1. The first-order valence-corrected chi connectivity index (χ1v) is 17.8. The van der Waals surface area contributed by atoms with Crippen molar-refractivity contribution in [2.24, 2.45) is 13.0 Å². The number of hydrogen-bond acceptors (Lipinski definition) is 9. The molecule has 3 aliphatic heterocycles. The fourth-order valence-corrected chi connectivity index (χ4v) is 7.58. The second-order valence-corrected chi connectivity index (χ2v) is 13.8. The SMILES string of the molecule is COc1nc(-c2ccnc(-c3cccc(NC(=O)c4nc5c(n4C)CCN(C(=O)[C@@H]4CCNC4)C5)c3Cl)c2Cl)ccc1CNC[C@H]1CCC(=O)N1. The van der Waals surface area contributed by atoms with Crippen molar-refractivity contribution in [2.45, 2.75) is 44.8 Å². The first-order valence-electron chi connectivity index (χ1n) is 17.0. The Bertz CT molecular complexity index is 2000. The Balaban J connectivity index is 1.07. The van der Waals surface area contributed by atoms with Crippen molar-refractivity contribution < 1.29 is 19.1 Å². The zero-order chi connectivity index (χ0) is 35.6. The molecule has 7 rings (SSSR count). The molecule has 13 nitrogen and oxygen atoms in total. The minimum absolute atomic E-state index is 0.0113. The number of carbonyl (C=O) groups is 3. The number of imidazole rings is 1. The van der Waals surface area contributed by atoms with Crippen LogP contribution in [0, 0.1) is 5.92 Å². The number of rotatable bonds is 10. The third-order valence-corrected chi connectivity index (χ3v) is 10.6. The maximum atomic E-state index is 13.6. The predicted octanol–water partition coefficient (Wildman–Crippen LogP) is 3.97. The number of nitrogens with one attached hydrogen (secondary N) is 4. The maximum absolute atomic E-state index is 13.6. The summed E-state index contributed by atoms with van der Waals surface area (Å²) in [5, 5.41) is 13.1. The van der Waals surface area contributed by atoms with E-state index < -0.39 is 5.91 Å². The lowest BCUT2D eigenvalue weighted by atomic mass is 10.0. The van der Waals surface area contributed by atoms with Gasteiger partial charge in [-0.25, -0.2) is 9.97 Å². The molecule has 2 atom stereocenters. The Labute approximate surface area is 305 Å². The lowest BCUT2D eigenvalue weighted by molar-refractivity contribution is -0.136. The smallest absolute Gasteiger partial charge is 0.291 e. The van der Waals surface area contributed by atoms with Crippen LogP contribution in [0.15, 0.2) is 42.6 Å². The van der Waals surface area contributed by atoms with Gasteiger partial charge >= 0.3 is 0 Å². The summed E-state index contributed by atoms with van der Waals surface area (Å²) in [6.07, 6.45) is 4.46. The lowest BCUT2D eigenvalue weighted by Crippen LogP contribution is -2.40. The van der Waals surface area contributed by atoms with Gasteiger partial charge in [0, 0.05) is 80.7 Å². The standard InChI is InChI=1S/C36H39Cl2N9O4/c1-46-28-12-15-47(36(50)21-10-13-39-17-21)19-27(28)43-33(46)34(49)44-26-5-3-4-24(30(26)37)32-31(38)23(11-14-41-32)25-8-6-20(35(45-25)51-2)16-40-18-22-7-9-29(48)42-22/h3-6,8,11,14,21-22,39-40H,7,9-10,12-13,15-19H2,1-2H3,(H,42,48)(H,44,49)/t21-,22-/m1/s1. The second kappa shape index (κ2) is 15.0. The summed E-state index contributed by atoms with van der Waals surface area (Å²) in [7, 11) is 3.38. The highest BCUT2D eigenvalue weighted by atomic mass is 35.5. The quantitative estimate of drug-likeness (QED) is 0.190. The number of amides is 3. The first kappa shape index (κ1) is 34.9. The molecular formula is C36H39Cl2N9O4. The fraction of sp³-hybridized carbons (Fsp3) is 0.389. The van der Waals surface area contributed by atoms with Crippen molar-refractivity contribution in [3.05, 3.63) is 75.4 Å². The van der Waals surface area contributed by atoms with Crippen LogP contribution in [-0.2, 0) is 36.1 Å². The fourth-order valence-electron chi connectivity index (χ4n) is 7.00. The van der Waals surface area contributed by atoms with Crippen molar-refractivity contribution in [3.63, 3.8) is 0 Å². The maximum Gasteiger partial charge on any atom is 0.291 e. The van der Waals surface area contributed by atoms with E-state index in [-0.39, 0.29) is 34.6 Å². The number of pyridine rings is 2. The van der Waals surface area contributed by atoms with Gasteiger partial charge in [0.15, 0.2) is 5.82 Å². The Morgan fingerprint density at radius 1 is 1.06 bits per heavy atom. The molecule has 0 unspecified atom stereocenters. The van der Waals surface area contributed by atoms with Gasteiger partial charge in [0.1, 0.15) is 0 Å². The number of ether oxygens (including phenoxy) is 1. The number of anilines is 1. The molecular weight excluding hydrogens is 693 g/mol. The molecule has 6 heterocycles. The second-order valence-electron chi connectivity index (χ2n) is 13.0. The van der Waals surface area contributed by atoms with Gasteiger partial charge in [0.25, 0.3) is 5.91 Å². The Kier molecular flexibility index (Phi) is 10.2. The Morgan fingerprint density at radius 2 is 1.92 bits per heavy atom. The van der Waals surface area contributed by atoms with Crippen LogP contribution in [0.5, 0.6) is 5.88 Å². The first-order chi connectivity index (χ1) is 24.7. The average Bonchev–Trinajstić information content (AvgIpc) is 3.90. The number of aromatic nitrogens is 4. The minimum Gasteiger partial charge on any atom is -0.481 e. The lowest BCUT2D eigenvalue weighted by Gasteiger charge is -2.28. The predicted molar refractivity (Wildman–Crippen MR) is 194 cm³/mol. The third kappa shape index (κ3) is 7.16. The summed E-state index contributed by atoms with van der Waals surface area (Å²) in [5.74, 6) is 0.474. The summed E-state index contributed by atoms with van der Waals surface area (Å²) in [6.45, 7) is 3.69. The van der Waals surface area contributed by atoms with Crippen molar-refractivity contribution in [1.82, 2.24) is 40.4 Å². The number of carbonyl (C=O) groups excluding carboxylic acids is 3. The number of hydrogen-bond donors (Lipinski definition) is 4. The van der Waals surface area contributed by atoms with E-state index >= 15 is 0 Å². The summed E-state index contributed by atoms with van der Waals surface area (Å²) < 4.78 is 7.41. The van der Waals surface area contributed by atoms with E-state index in [0.29, 0.717) is 84.7 Å². The highest BCUT2D eigenvalue weighted by Gasteiger charge is 2.32. The molecule has 2 fully saturated rings. The van der Waals surface area contributed by atoms with Gasteiger partial charge in [-0.05, 0) is 37.6 Å². The molecule has 1 aromatic carbocycles. The topological polar surface area (TPSA) is 155 Å². The molecule has 0 aliphatic carbocycles. The number of nitrogens with zero attached hydrogens (tertiary/aromatic N) is 5. The van der Waals surface area contributed by atoms with Crippen molar-refractivity contribution >= 4 is 46.6 Å². The third-order valence-electron chi connectivity index (χ3n) is 9.77. The van der Waals surface area contributed by atoms with E-state index in [1.54, 1.807) is 42.1 Å². The monoisotopic (exact) mass is 731 g/mol. The number of methoxy groups -OCH3 is 1. The number of halogens is 2. The molecule has 0 bridgehead atoms. The van der Waals surface area contributed by atoms with E-state index in [1.165, 1.54) is 0 Å². The Morgan fingerprint density at radius 3 is 2.69 bits per heavy atom. The minimum atomic E-state index is -0.421. The average molecular weight is 733 g/mol. The van der Waals surface area contributed by atoms with Crippen molar-refractivity contribution in [1.29, 1.82) is 0 Å². The molecule has 0 saturated carbocycles. The van der Waals surface area contributed by atoms with Gasteiger partial charge in [0.05, 0.1) is 52.4 Å². The van der Waals surface area contributed by atoms with Crippen LogP contribution in [0.3, 0.4) is 0 Å². The van der Waals surface area contributed by atoms with Gasteiger partial charge < -0.3 is 35.5 Å². The zero-order valence-electron chi connectivity index (χ0n) is 28.4. The van der Waals surface area contributed by atoms with Crippen LogP contribution in [0.4, 0.5) is 5.69 Å². The van der Waals surface area contributed by atoms with Crippen LogP contribution < -0.4 is 26.0 Å². The van der Waals surface area contributed by atoms with Gasteiger partial charge in [-0.2, -0.15) is 0 Å². The molecule has 15 heteroatoms. The molecule has 4 N–H and O–H groups in total. The van der Waals surface area contributed by atoms with Gasteiger partial charge in [-0.15, -0.1) is 0 Å². The molecule has 3 amide bonds. The summed E-state index contributed by atoms with van der Waals surface area (Å²) >= 11 is 13.9. The Hall–Kier alpha value is -4.56. The zero-order valence-corrected chi connectivity index (χ0v) is 29.9. The van der Waals surface area contributed by atoms with Crippen LogP contribution in [0.2, 0.25) is 10.0 Å². The van der Waals surface area contributed by atoms with Gasteiger partial charge in [-0.3, -0.25) is 19.4 Å². The normalized spacial score (nSPS) is 18.4. The van der Waals surface area contributed by atoms with E-state index in [9.17, 15) is 14.4 Å². The van der Waals surface area contributed by atoms with Crippen molar-refractivity contribution in [3.8, 4) is 28.4 Å². The molecule has 0 radical (unpaired) electrons.